The number of ether oxygens (including phenoxy) is 1. The third-order valence-corrected chi connectivity index (χ3v) is 4.40. The number of benzene rings is 1. The zero-order chi connectivity index (χ0) is 16.2. The monoisotopic (exact) mass is 312 g/mol. The first-order chi connectivity index (χ1) is 11.2. The molecule has 2 aromatic rings. The number of hydrogen-bond acceptors (Lipinski definition) is 5. The maximum Gasteiger partial charge on any atom is 0.222 e. The molecule has 1 aromatic heterocycles. The Morgan fingerprint density at radius 1 is 1.17 bits per heavy atom. The molecule has 1 saturated heterocycles. The van der Waals surface area contributed by atoms with Crippen molar-refractivity contribution in [2.45, 2.75) is 38.6 Å². The molecular weight excluding hydrogens is 288 g/mol. The fourth-order valence-corrected chi connectivity index (χ4v) is 3.37. The lowest BCUT2D eigenvalue weighted by Gasteiger charge is -2.32. The number of nitrogens with zero attached hydrogens (tertiary/aromatic N) is 3. The maximum atomic E-state index is 5.87. The van der Waals surface area contributed by atoms with E-state index in [1.165, 1.54) is 18.4 Å². The van der Waals surface area contributed by atoms with Crippen LogP contribution in [0.3, 0.4) is 0 Å². The van der Waals surface area contributed by atoms with Crippen molar-refractivity contribution >= 4 is 11.8 Å². The van der Waals surface area contributed by atoms with Crippen molar-refractivity contribution in [3.05, 3.63) is 41.6 Å². The van der Waals surface area contributed by atoms with Gasteiger partial charge in [-0.1, -0.05) is 31.0 Å². The highest BCUT2D eigenvalue weighted by Gasteiger charge is 2.26. The summed E-state index contributed by atoms with van der Waals surface area (Å²) in [5.41, 5.74) is 7.98. The average Bonchev–Trinajstić information content (AvgIpc) is 2.79. The van der Waals surface area contributed by atoms with Gasteiger partial charge in [-0.2, -0.15) is 4.98 Å². The van der Waals surface area contributed by atoms with E-state index in [0.717, 1.165) is 36.6 Å². The van der Waals surface area contributed by atoms with Gasteiger partial charge in [0.05, 0.1) is 13.2 Å². The number of aromatic nitrogens is 2. The number of nitrogens with two attached hydrogens (primary N) is 1. The van der Waals surface area contributed by atoms with Gasteiger partial charge in [0.2, 0.25) is 5.95 Å². The molecule has 122 valence electrons. The summed E-state index contributed by atoms with van der Waals surface area (Å²) in [6.07, 6.45) is 4.69. The van der Waals surface area contributed by atoms with E-state index < -0.39 is 0 Å². The van der Waals surface area contributed by atoms with Gasteiger partial charge in [-0.05, 0) is 25.8 Å². The molecule has 1 fully saturated rings. The molecule has 5 heteroatoms. The Hall–Kier alpha value is -2.30. The van der Waals surface area contributed by atoms with E-state index in [-0.39, 0.29) is 6.04 Å². The lowest BCUT2D eigenvalue weighted by atomic mass is 9.99. The van der Waals surface area contributed by atoms with Gasteiger partial charge in [0.25, 0.3) is 0 Å². The average molecular weight is 312 g/mol. The molecule has 1 aliphatic heterocycles. The van der Waals surface area contributed by atoms with E-state index in [1.807, 2.05) is 25.1 Å². The first-order valence-corrected chi connectivity index (χ1v) is 8.20. The normalized spacial score (nSPS) is 18.5. The summed E-state index contributed by atoms with van der Waals surface area (Å²) in [4.78, 5) is 11.0. The highest BCUT2D eigenvalue weighted by atomic mass is 16.5. The van der Waals surface area contributed by atoms with Crippen LogP contribution in [0.15, 0.2) is 30.3 Å². The summed E-state index contributed by atoms with van der Waals surface area (Å²) >= 11 is 0. The summed E-state index contributed by atoms with van der Waals surface area (Å²) in [7, 11) is 1.73. The van der Waals surface area contributed by atoms with Crippen molar-refractivity contribution in [3.8, 4) is 5.75 Å². The lowest BCUT2D eigenvalue weighted by Crippen LogP contribution is -2.30. The lowest BCUT2D eigenvalue weighted by molar-refractivity contribution is 0.402. The van der Waals surface area contributed by atoms with Gasteiger partial charge >= 0.3 is 0 Å². The summed E-state index contributed by atoms with van der Waals surface area (Å²) in [5.74, 6) is 2.18. The second-order valence-electron chi connectivity index (χ2n) is 6.03. The van der Waals surface area contributed by atoms with Crippen LogP contribution < -0.4 is 15.4 Å². The third-order valence-electron chi connectivity index (χ3n) is 4.40. The molecule has 2 heterocycles. The number of aryl methyl sites for hydroxylation is 1. The van der Waals surface area contributed by atoms with Gasteiger partial charge in [-0.25, -0.2) is 4.98 Å². The van der Waals surface area contributed by atoms with Crippen LogP contribution in [0.1, 0.15) is 43.0 Å². The first-order valence-electron chi connectivity index (χ1n) is 8.20. The van der Waals surface area contributed by atoms with E-state index in [0.29, 0.717) is 5.95 Å². The van der Waals surface area contributed by atoms with Crippen LogP contribution in [-0.4, -0.2) is 23.6 Å². The maximum absolute atomic E-state index is 5.87. The highest BCUT2D eigenvalue weighted by Crippen LogP contribution is 2.37. The molecule has 0 aliphatic carbocycles. The second-order valence-corrected chi connectivity index (χ2v) is 6.03. The Labute approximate surface area is 137 Å². The minimum atomic E-state index is 0.252. The Morgan fingerprint density at radius 3 is 2.78 bits per heavy atom. The van der Waals surface area contributed by atoms with Crippen molar-refractivity contribution in [2.24, 2.45) is 0 Å². The molecule has 3 rings (SSSR count). The summed E-state index contributed by atoms with van der Waals surface area (Å²) in [6.45, 7) is 2.93. The molecule has 0 saturated carbocycles. The Bertz CT molecular complexity index is 654. The van der Waals surface area contributed by atoms with Crippen molar-refractivity contribution in [1.82, 2.24) is 9.97 Å². The number of para-hydroxylation sites is 1. The first kappa shape index (κ1) is 15.6. The smallest absolute Gasteiger partial charge is 0.222 e. The van der Waals surface area contributed by atoms with Crippen LogP contribution in [0.25, 0.3) is 0 Å². The Balaban J connectivity index is 2.03. The van der Waals surface area contributed by atoms with E-state index >= 15 is 0 Å². The summed E-state index contributed by atoms with van der Waals surface area (Å²) < 4.78 is 5.59. The number of nitrogen functional groups attached to an aromatic ring is 1. The Morgan fingerprint density at radius 2 is 2.00 bits per heavy atom. The standard InChI is InChI=1S/C18H24N4O/c1-13-12-17(21-18(19)20-13)22-11-7-3-4-9-15(22)14-8-5-6-10-16(14)23-2/h5-6,8,10,12,15H,3-4,7,9,11H2,1-2H3,(H2,19,20,21)/t15-/m1/s1. The second kappa shape index (κ2) is 6.86. The molecule has 2 N–H and O–H groups in total. The molecule has 0 unspecified atom stereocenters. The number of hydrogen-bond donors (Lipinski definition) is 1. The molecular formula is C18H24N4O. The van der Waals surface area contributed by atoms with Crippen LogP contribution >= 0.6 is 0 Å². The fourth-order valence-electron chi connectivity index (χ4n) is 3.37. The van der Waals surface area contributed by atoms with Gasteiger partial charge in [0.1, 0.15) is 11.6 Å². The molecule has 1 aromatic carbocycles. The zero-order valence-electron chi connectivity index (χ0n) is 13.8. The molecule has 0 amide bonds. The molecule has 23 heavy (non-hydrogen) atoms. The number of anilines is 2. The SMILES string of the molecule is COc1ccccc1[C@H]1CCCCCN1c1cc(C)nc(N)n1. The molecule has 0 radical (unpaired) electrons. The van der Waals surface area contributed by atoms with Gasteiger partial charge in [-0.3, -0.25) is 0 Å². The van der Waals surface area contributed by atoms with Crippen molar-refractivity contribution < 1.29 is 4.74 Å². The molecule has 5 nitrogen and oxygen atoms in total. The predicted octanol–water partition coefficient (Wildman–Crippen LogP) is 3.50. The van der Waals surface area contributed by atoms with Crippen LogP contribution in [0, 0.1) is 6.92 Å². The van der Waals surface area contributed by atoms with Gasteiger partial charge in [0.15, 0.2) is 0 Å². The quantitative estimate of drug-likeness (QED) is 0.939. The number of rotatable bonds is 3. The Kier molecular flexibility index (Phi) is 4.65. The molecule has 0 spiro atoms. The van der Waals surface area contributed by atoms with Crippen molar-refractivity contribution in [3.63, 3.8) is 0 Å². The van der Waals surface area contributed by atoms with E-state index in [1.54, 1.807) is 7.11 Å². The molecule has 0 bridgehead atoms. The summed E-state index contributed by atoms with van der Waals surface area (Å²) in [5, 5.41) is 0. The highest BCUT2D eigenvalue weighted by molar-refractivity contribution is 5.49. The molecule has 1 atom stereocenters. The van der Waals surface area contributed by atoms with Crippen LogP contribution in [0.4, 0.5) is 11.8 Å². The van der Waals surface area contributed by atoms with Crippen molar-refractivity contribution in [1.29, 1.82) is 0 Å². The van der Waals surface area contributed by atoms with Crippen LogP contribution in [0.5, 0.6) is 5.75 Å². The van der Waals surface area contributed by atoms with E-state index in [4.69, 9.17) is 10.5 Å². The minimum Gasteiger partial charge on any atom is -0.496 e. The van der Waals surface area contributed by atoms with E-state index in [9.17, 15) is 0 Å². The van der Waals surface area contributed by atoms with Gasteiger partial charge in [-0.15, -0.1) is 0 Å². The van der Waals surface area contributed by atoms with Crippen LogP contribution in [0.2, 0.25) is 0 Å². The van der Waals surface area contributed by atoms with E-state index in [2.05, 4.69) is 27.0 Å². The molecule has 1 aliphatic rings. The van der Waals surface area contributed by atoms with Gasteiger partial charge < -0.3 is 15.4 Å². The summed E-state index contributed by atoms with van der Waals surface area (Å²) in [6, 6.07) is 10.5. The minimum absolute atomic E-state index is 0.252. The third kappa shape index (κ3) is 3.38. The van der Waals surface area contributed by atoms with Gasteiger partial charge in [0, 0.05) is 23.9 Å². The fraction of sp³-hybridized carbons (Fsp3) is 0.444. The van der Waals surface area contributed by atoms with Crippen LogP contribution in [-0.2, 0) is 0 Å². The zero-order valence-corrected chi connectivity index (χ0v) is 13.8. The number of methoxy groups -OCH3 is 1. The van der Waals surface area contributed by atoms with Crippen molar-refractivity contribution in [2.75, 3.05) is 24.3 Å². The topological polar surface area (TPSA) is 64.3 Å². The largest absolute Gasteiger partial charge is 0.496 e. The predicted molar refractivity (Wildman–Crippen MR) is 92.7 cm³/mol.